The zero-order chi connectivity index (χ0) is 13.2. The Labute approximate surface area is 129 Å². The molecule has 2 aromatic rings. The van der Waals surface area contributed by atoms with Crippen molar-refractivity contribution in [3.8, 4) is 11.5 Å². The molecule has 1 atom stereocenters. The summed E-state index contributed by atoms with van der Waals surface area (Å²) in [5.41, 5.74) is 3.12. The van der Waals surface area contributed by atoms with Crippen LogP contribution in [0.1, 0.15) is 22.6 Å². The van der Waals surface area contributed by atoms with E-state index in [0.29, 0.717) is 0 Å². The quantitative estimate of drug-likeness (QED) is 0.702. The van der Waals surface area contributed by atoms with Crippen molar-refractivity contribution < 1.29 is 10.2 Å². The molecule has 1 heterocycles. The number of fused-ring (bicyclic) bond motifs is 1. The predicted octanol–water partition coefficient (Wildman–Crippen LogP) is 2.95. The van der Waals surface area contributed by atoms with Crippen molar-refractivity contribution in [2.45, 2.75) is 12.3 Å². The highest BCUT2D eigenvalue weighted by molar-refractivity contribution is 8.93. The van der Waals surface area contributed by atoms with Crippen LogP contribution in [0.2, 0.25) is 0 Å². The molecule has 1 aliphatic rings. The largest absolute Gasteiger partial charge is 0.504 e. The van der Waals surface area contributed by atoms with Gasteiger partial charge in [-0.2, -0.15) is 0 Å². The topological polar surface area (TPSA) is 52.5 Å². The summed E-state index contributed by atoms with van der Waals surface area (Å²) >= 11 is 0. The molecule has 0 fully saturated rings. The van der Waals surface area contributed by atoms with Gasteiger partial charge in [-0.05, 0) is 30.2 Å². The Hall–Kier alpha value is -1.52. The Bertz CT molecular complexity index is 587. The van der Waals surface area contributed by atoms with Crippen LogP contribution < -0.4 is 5.32 Å². The maximum absolute atomic E-state index is 10.2. The number of hydrogen-bond donors (Lipinski definition) is 3. The molecule has 3 rings (SSSR count). The molecule has 3 N–H and O–H groups in total. The van der Waals surface area contributed by atoms with Crippen LogP contribution in [0, 0.1) is 0 Å². The molecule has 4 heteroatoms. The van der Waals surface area contributed by atoms with Crippen molar-refractivity contribution in [2.75, 3.05) is 13.1 Å². The van der Waals surface area contributed by atoms with Gasteiger partial charge < -0.3 is 15.5 Å². The minimum atomic E-state index is -0.0402. The van der Waals surface area contributed by atoms with Gasteiger partial charge in [0, 0.05) is 18.0 Å². The third kappa shape index (κ3) is 2.67. The number of rotatable bonds is 1. The van der Waals surface area contributed by atoms with Gasteiger partial charge in [0.05, 0.1) is 0 Å². The normalized spacial score (nSPS) is 17.7. The number of halogens is 1. The smallest absolute Gasteiger partial charge is 0.161 e. The summed E-state index contributed by atoms with van der Waals surface area (Å²) in [7, 11) is 0. The second-order valence-corrected chi connectivity index (χ2v) is 4.92. The second-order valence-electron chi connectivity index (χ2n) is 4.92. The molecule has 1 unspecified atom stereocenters. The summed E-state index contributed by atoms with van der Waals surface area (Å²) in [5, 5.41) is 23.4. The number of hydrogen-bond acceptors (Lipinski definition) is 3. The minimum absolute atomic E-state index is 0. The van der Waals surface area contributed by atoms with Crippen molar-refractivity contribution in [2.24, 2.45) is 0 Å². The van der Waals surface area contributed by atoms with Gasteiger partial charge in [-0.25, -0.2) is 0 Å². The lowest BCUT2D eigenvalue weighted by molar-refractivity contribution is 0.397. The Morgan fingerprint density at radius 3 is 2.50 bits per heavy atom. The molecule has 0 aromatic heterocycles. The zero-order valence-corrected chi connectivity index (χ0v) is 12.8. The first-order valence-electron chi connectivity index (χ1n) is 6.56. The van der Waals surface area contributed by atoms with Crippen LogP contribution in [0.4, 0.5) is 0 Å². The summed E-state index contributed by atoms with van der Waals surface area (Å²) in [5.74, 6) is 0.0578. The molecular formula is C16H18BrNO2. The summed E-state index contributed by atoms with van der Waals surface area (Å²) < 4.78 is 0. The van der Waals surface area contributed by atoms with Gasteiger partial charge in [0.1, 0.15) is 0 Å². The van der Waals surface area contributed by atoms with Gasteiger partial charge >= 0.3 is 0 Å². The maximum atomic E-state index is 10.2. The molecule has 3 nitrogen and oxygen atoms in total. The average Bonchev–Trinajstić information content (AvgIpc) is 2.67. The standard InChI is InChI=1S/C16H17NO2.BrH/c18-14-7-6-12-8-9-17-10-13(15(12)16(14)19)11-4-2-1-3-5-11;/h1-7,13,17-19H,8-10H2;1H. The highest BCUT2D eigenvalue weighted by atomic mass is 79.9. The van der Waals surface area contributed by atoms with Crippen LogP contribution >= 0.6 is 17.0 Å². The van der Waals surface area contributed by atoms with Crippen molar-refractivity contribution >= 4 is 17.0 Å². The van der Waals surface area contributed by atoms with E-state index in [1.54, 1.807) is 6.07 Å². The molecular weight excluding hydrogens is 318 g/mol. The molecule has 1 aliphatic heterocycles. The van der Waals surface area contributed by atoms with Crippen LogP contribution in [-0.4, -0.2) is 23.3 Å². The Balaban J connectivity index is 0.00000147. The highest BCUT2D eigenvalue weighted by Gasteiger charge is 2.24. The summed E-state index contributed by atoms with van der Waals surface area (Å²) in [6.07, 6.45) is 0.868. The van der Waals surface area contributed by atoms with E-state index in [1.165, 1.54) is 0 Å². The number of aromatic hydroxyl groups is 2. The molecule has 0 spiro atoms. The van der Waals surface area contributed by atoms with Gasteiger partial charge in [-0.3, -0.25) is 0 Å². The van der Waals surface area contributed by atoms with E-state index >= 15 is 0 Å². The SMILES string of the molecule is Br.Oc1ccc2c(c1O)C(c1ccccc1)CNCC2. The number of phenols is 2. The molecule has 0 amide bonds. The average molecular weight is 336 g/mol. The van der Waals surface area contributed by atoms with Crippen LogP contribution in [0.5, 0.6) is 11.5 Å². The van der Waals surface area contributed by atoms with Crippen LogP contribution in [0.25, 0.3) is 0 Å². The lowest BCUT2D eigenvalue weighted by Crippen LogP contribution is -2.20. The molecule has 0 radical (unpaired) electrons. The molecule has 2 aromatic carbocycles. The molecule has 0 bridgehead atoms. The first-order valence-corrected chi connectivity index (χ1v) is 6.56. The minimum Gasteiger partial charge on any atom is -0.504 e. The Morgan fingerprint density at radius 2 is 1.75 bits per heavy atom. The molecule has 0 saturated carbocycles. The fourth-order valence-corrected chi connectivity index (χ4v) is 2.79. The van der Waals surface area contributed by atoms with E-state index in [4.69, 9.17) is 0 Å². The van der Waals surface area contributed by atoms with Crippen LogP contribution in [-0.2, 0) is 6.42 Å². The third-order valence-electron chi connectivity index (χ3n) is 3.76. The maximum Gasteiger partial charge on any atom is 0.161 e. The second kappa shape index (κ2) is 6.29. The van der Waals surface area contributed by atoms with Crippen molar-refractivity contribution in [3.05, 3.63) is 59.2 Å². The summed E-state index contributed by atoms with van der Waals surface area (Å²) in [4.78, 5) is 0. The number of nitrogens with one attached hydrogen (secondary N) is 1. The third-order valence-corrected chi connectivity index (χ3v) is 3.76. The molecule has 0 saturated heterocycles. The van der Waals surface area contributed by atoms with E-state index < -0.39 is 0 Å². The first kappa shape index (κ1) is 14.9. The van der Waals surface area contributed by atoms with E-state index in [-0.39, 0.29) is 34.4 Å². The van der Waals surface area contributed by atoms with E-state index in [1.807, 2.05) is 24.3 Å². The van der Waals surface area contributed by atoms with E-state index in [2.05, 4.69) is 17.4 Å². The number of benzene rings is 2. The van der Waals surface area contributed by atoms with Gasteiger partial charge in [-0.15, -0.1) is 17.0 Å². The fourth-order valence-electron chi connectivity index (χ4n) is 2.79. The van der Waals surface area contributed by atoms with Gasteiger partial charge in [0.15, 0.2) is 11.5 Å². The van der Waals surface area contributed by atoms with Crippen LogP contribution in [0.15, 0.2) is 42.5 Å². The van der Waals surface area contributed by atoms with Gasteiger partial charge in [-0.1, -0.05) is 36.4 Å². The van der Waals surface area contributed by atoms with E-state index in [9.17, 15) is 10.2 Å². The zero-order valence-electron chi connectivity index (χ0n) is 11.0. The van der Waals surface area contributed by atoms with Gasteiger partial charge in [0.25, 0.3) is 0 Å². The highest BCUT2D eigenvalue weighted by Crippen LogP contribution is 2.40. The Morgan fingerprint density at radius 1 is 1.00 bits per heavy atom. The lowest BCUT2D eigenvalue weighted by Gasteiger charge is -2.20. The molecule has 106 valence electrons. The number of phenolic OH excluding ortho intramolecular Hbond substituents is 2. The summed E-state index contributed by atoms with van der Waals surface area (Å²) in [6, 6.07) is 13.6. The van der Waals surface area contributed by atoms with Crippen LogP contribution in [0.3, 0.4) is 0 Å². The van der Waals surface area contributed by atoms with Crippen molar-refractivity contribution in [3.63, 3.8) is 0 Å². The predicted molar refractivity (Wildman–Crippen MR) is 85.0 cm³/mol. The van der Waals surface area contributed by atoms with Gasteiger partial charge in [0.2, 0.25) is 0 Å². The Kier molecular flexibility index (Phi) is 4.68. The lowest BCUT2D eigenvalue weighted by atomic mass is 9.87. The molecule has 20 heavy (non-hydrogen) atoms. The van der Waals surface area contributed by atoms with Crippen molar-refractivity contribution in [1.82, 2.24) is 5.32 Å². The fraction of sp³-hybridized carbons (Fsp3) is 0.250. The van der Waals surface area contributed by atoms with E-state index in [0.717, 1.165) is 36.2 Å². The first-order chi connectivity index (χ1) is 9.27. The van der Waals surface area contributed by atoms with Crippen molar-refractivity contribution in [1.29, 1.82) is 0 Å². The monoisotopic (exact) mass is 335 g/mol. The molecule has 0 aliphatic carbocycles. The summed E-state index contributed by atoms with van der Waals surface area (Å²) in [6.45, 7) is 1.66.